The molecule has 2 atom stereocenters. The summed E-state index contributed by atoms with van der Waals surface area (Å²) in [6.45, 7) is 10.5. The summed E-state index contributed by atoms with van der Waals surface area (Å²) >= 11 is 3.60. The zero-order chi connectivity index (χ0) is 26.8. The van der Waals surface area contributed by atoms with E-state index in [1.165, 1.54) is 0 Å². The van der Waals surface area contributed by atoms with Gasteiger partial charge in [0.15, 0.2) is 0 Å². The van der Waals surface area contributed by atoms with Gasteiger partial charge in [-0.3, -0.25) is 14.2 Å². The lowest BCUT2D eigenvalue weighted by molar-refractivity contribution is -0.133. The molecule has 0 aliphatic carbocycles. The molecule has 0 aliphatic rings. The van der Waals surface area contributed by atoms with E-state index in [1.807, 2.05) is 25.1 Å². The Hall–Kier alpha value is -2.87. The Labute approximate surface area is 221 Å². The number of hydrogen-bond acceptors (Lipinski definition) is 5. The van der Waals surface area contributed by atoms with E-state index in [9.17, 15) is 9.59 Å². The number of halogens is 1. The first-order chi connectivity index (χ1) is 16.9. The van der Waals surface area contributed by atoms with Crippen LogP contribution in [-0.4, -0.2) is 41.6 Å². The van der Waals surface area contributed by atoms with Gasteiger partial charge in [-0.15, -0.1) is 0 Å². The van der Waals surface area contributed by atoms with Crippen LogP contribution < -0.4 is 15.0 Å². The molecule has 194 valence electrons. The van der Waals surface area contributed by atoms with E-state index in [-0.39, 0.29) is 22.8 Å². The first kappa shape index (κ1) is 27.7. The van der Waals surface area contributed by atoms with Gasteiger partial charge in [0.05, 0.1) is 41.3 Å². The van der Waals surface area contributed by atoms with Gasteiger partial charge in [0, 0.05) is 25.6 Å². The van der Waals surface area contributed by atoms with Crippen LogP contribution >= 0.6 is 15.9 Å². The lowest BCUT2D eigenvalue weighted by atomic mass is 9.84. The van der Waals surface area contributed by atoms with Crippen LogP contribution in [0.2, 0.25) is 0 Å². The van der Waals surface area contributed by atoms with Crippen molar-refractivity contribution < 1.29 is 14.3 Å². The van der Waals surface area contributed by atoms with Crippen molar-refractivity contribution in [3.05, 3.63) is 57.0 Å². The molecule has 36 heavy (non-hydrogen) atoms. The number of para-hydroxylation sites is 1. The van der Waals surface area contributed by atoms with Gasteiger partial charge in [0.2, 0.25) is 5.91 Å². The molecule has 8 heteroatoms. The minimum Gasteiger partial charge on any atom is -0.497 e. The Balaban J connectivity index is 2.16. The topological polar surface area (TPSA) is 73.7 Å². The number of fused-ring (bicyclic) bond motifs is 1. The number of rotatable bonds is 8. The van der Waals surface area contributed by atoms with Crippen LogP contribution in [0.15, 0.2) is 45.7 Å². The number of hydrogen-bond donors (Lipinski definition) is 0. The summed E-state index contributed by atoms with van der Waals surface area (Å²) in [7, 11) is 4.88. The van der Waals surface area contributed by atoms with Gasteiger partial charge in [-0.1, -0.05) is 39.8 Å². The number of methoxy groups -OCH3 is 2. The molecule has 1 aromatic heterocycles. The molecular formula is C28H36BrN3O4. The molecule has 3 rings (SSSR count). The summed E-state index contributed by atoms with van der Waals surface area (Å²) in [6.07, 6.45) is 1.36. The summed E-state index contributed by atoms with van der Waals surface area (Å²) < 4.78 is 13.1. The maximum atomic E-state index is 13.8. The Morgan fingerprint density at radius 1 is 1.14 bits per heavy atom. The SMILES string of the molecule is COc1cc(OC)c(Br)c(-n2c(C(C)N(C)C(=O)CC(C)CC(C)(C)C)nc3ccccc3c2=O)c1. The van der Waals surface area contributed by atoms with Gasteiger partial charge in [-0.2, -0.15) is 0 Å². The van der Waals surface area contributed by atoms with E-state index in [0.29, 0.717) is 44.8 Å². The van der Waals surface area contributed by atoms with Crippen LogP contribution in [0.5, 0.6) is 11.5 Å². The third kappa shape index (κ3) is 5.91. The summed E-state index contributed by atoms with van der Waals surface area (Å²) in [4.78, 5) is 33.7. The molecule has 1 amide bonds. The maximum Gasteiger partial charge on any atom is 0.266 e. The molecule has 2 unspecified atom stereocenters. The highest BCUT2D eigenvalue weighted by Gasteiger charge is 2.27. The van der Waals surface area contributed by atoms with Crippen LogP contribution in [0.1, 0.15) is 59.3 Å². The number of carbonyl (C=O) groups is 1. The molecule has 0 fully saturated rings. The smallest absolute Gasteiger partial charge is 0.266 e. The monoisotopic (exact) mass is 557 g/mol. The molecule has 0 saturated heterocycles. The number of carbonyl (C=O) groups excluding carboxylic acids is 1. The van der Waals surface area contributed by atoms with E-state index in [0.717, 1.165) is 6.42 Å². The van der Waals surface area contributed by atoms with Crippen LogP contribution in [0.3, 0.4) is 0 Å². The Kier molecular flexibility index (Phi) is 8.49. The second-order valence-corrected chi connectivity index (χ2v) is 11.3. The summed E-state index contributed by atoms with van der Waals surface area (Å²) in [5.41, 5.74) is 1.01. The first-order valence-corrected chi connectivity index (χ1v) is 12.9. The summed E-state index contributed by atoms with van der Waals surface area (Å²) in [5.74, 6) is 1.74. The quantitative estimate of drug-likeness (QED) is 0.332. The molecule has 0 spiro atoms. The minimum absolute atomic E-state index is 0.00972. The second-order valence-electron chi connectivity index (χ2n) is 10.5. The van der Waals surface area contributed by atoms with Crippen LogP contribution in [-0.2, 0) is 4.79 Å². The van der Waals surface area contributed by atoms with Crippen LogP contribution in [0.4, 0.5) is 0 Å². The molecule has 2 aromatic carbocycles. The molecular weight excluding hydrogens is 522 g/mol. The van der Waals surface area contributed by atoms with E-state index >= 15 is 0 Å². The number of ether oxygens (including phenoxy) is 2. The number of nitrogens with zero attached hydrogens (tertiary/aromatic N) is 3. The lowest BCUT2D eigenvalue weighted by Crippen LogP contribution is -2.35. The molecule has 0 aliphatic heterocycles. The highest BCUT2D eigenvalue weighted by Crippen LogP contribution is 2.37. The third-order valence-electron chi connectivity index (χ3n) is 6.32. The Morgan fingerprint density at radius 3 is 2.42 bits per heavy atom. The van der Waals surface area contributed by atoms with Crippen molar-refractivity contribution in [2.75, 3.05) is 21.3 Å². The largest absolute Gasteiger partial charge is 0.497 e. The normalized spacial score (nSPS) is 13.4. The van der Waals surface area contributed by atoms with Gasteiger partial charge in [0.25, 0.3) is 5.56 Å². The fourth-order valence-corrected chi connectivity index (χ4v) is 5.17. The molecule has 0 N–H and O–H groups in total. The van der Waals surface area contributed by atoms with E-state index in [2.05, 4.69) is 43.6 Å². The maximum absolute atomic E-state index is 13.8. The van der Waals surface area contributed by atoms with Crippen molar-refractivity contribution >= 4 is 32.7 Å². The molecule has 0 saturated carbocycles. The number of benzene rings is 2. The molecule has 0 radical (unpaired) electrons. The molecule has 1 heterocycles. The van der Waals surface area contributed by atoms with E-state index in [1.54, 1.807) is 48.9 Å². The predicted octanol–water partition coefficient (Wildman–Crippen LogP) is 6.15. The first-order valence-electron chi connectivity index (χ1n) is 12.1. The average Bonchev–Trinajstić information content (AvgIpc) is 2.82. The highest BCUT2D eigenvalue weighted by molar-refractivity contribution is 9.10. The van der Waals surface area contributed by atoms with Crippen molar-refractivity contribution in [2.24, 2.45) is 11.3 Å². The zero-order valence-corrected chi connectivity index (χ0v) is 24.0. The molecule has 3 aromatic rings. The van der Waals surface area contributed by atoms with Gasteiger partial charge >= 0.3 is 0 Å². The fraction of sp³-hybridized carbons (Fsp3) is 0.464. The standard InChI is InChI=1S/C28H36BrN3O4/c1-17(16-28(3,4)5)13-24(33)31(6)18(2)26-30-21-12-10-9-11-20(21)27(34)32(26)22-14-19(35-7)15-23(36-8)25(22)29/h9-12,14-15,17-18H,13,16H2,1-8H3. The number of amides is 1. The van der Waals surface area contributed by atoms with Gasteiger partial charge in [-0.05, 0) is 52.7 Å². The van der Waals surface area contributed by atoms with Crippen molar-refractivity contribution in [2.45, 2.75) is 53.5 Å². The van der Waals surface area contributed by atoms with Crippen molar-refractivity contribution in [3.63, 3.8) is 0 Å². The average molecular weight is 559 g/mol. The summed E-state index contributed by atoms with van der Waals surface area (Å²) in [6, 6.07) is 10.3. The fourth-order valence-electron chi connectivity index (χ4n) is 4.60. The lowest BCUT2D eigenvalue weighted by Gasteiger charge is -2.29. The third-order valence-corrected chi connectivity index (χ3v) is 7.12. The summed E-state index contributed by atoms with van der Waals surface area (Å²) in [5, 5.41) is 0.481. The predicted molar refractivity (Wildman–Crippen MR) is 147 cm³/mol. The molecule has 7 nitrogen and oxygen atoms in total. The van der Waals surface area contributed by atoms with Gasteiger partial charge < -0.3 is 14.4 Å². The van der Waals surface area contributed by atoms with Crippen molar-refractivity contribution in [3.8, 4) is 17.2 Å². The Bertz CT molecular complexity index is 1310. The zero-order valence-electron chi connectivity index (χ0n) is 22.4. The van der Waals surface area contributed by atoms with Crippen LogP contribution in [0.25, 0.3) is 16.6 Å². The van der Waals surface area contributed by atoms with Crippen molar-refractivity contribution in [1.82, 2.24) is 14.5 Å². The second kappa shape index (κ2) is 11.0. The van der Waals surface area contributed by atoms with Crippen molar-refractivity contribution in [1.29, 1.82) is 0 Å². The van der Waals surface area contributed by atoms with Gasteiger partial charge in [0.1, 0.15) is 17.3 Å². The number of aromatic nitrogens is 2. The van der Waals surface area contributed by atoms with Gasteiger partial charge in [-0.25, -0.2) is 4.98 Å². The van der Waals surface area contributed by atoms with E-state index < -0.39 is 6.04 Å². The Morgan fingerprint density at radius 2 is 1.81 bits per heavy atom. The highest BCUT2D eigenvalue weighted by atomic mass is 79.9. The minimum atomic E-state index is -0.472. The van der Waals surface area contributed by atoms with E-state index in [4.69, 9.17) is 14.5 Å². The molecule has 0 bridgehead atoms. The van der Waals surface area contributed by atoms with Crippen LogP contribution in [0, 0.1) is 11.3 Å².